The molecule has 1 aromatic carbocycles. The zero-order chi connectivity index (χ0) is 17.2. The minimum Gasteiger partial charge on any atom is -0.369 e. The molecule has 0 unspecified atom stereocenters. The van der Waals surface area contributed by atoms with Crippen molar-refractivity contribution in [3.05, 3.63) is 35.0 Å². The summed E-state index contributed by atoms with van der Waals surface area (Å²) in [6, 6.07) is 5.75. The maximum atomic E-state index is 13.2. The van der Waals surface area contributed by atoms with Crippen molar-refractivity contribution in [2.45, 2.75) is 19.3 Å². The van der Waals surface area contributed by atoms with Crippen LogP contribution in [0.25, 0.3) is 10.9 Å². The van der Waals surface area contributed by atoms with E-state index in [4.69, 9.17) is 11.6 Å². The molecule has 2 aromatic rings. The van der Waals surface area contributed by atoms with Gasteiger partial charge in [0.15, 0.2) is 0 Å². The van der Waals surface area contributed by atoms with Gasteiger partial charge in [0.25, 0.3) is 5.91 Å². The molecule has 0 atom stereocenters. The van der Waals surface area contributed by atoms with Crippen LogP contribution in [-0.2, 0) is 0 Å². The van der Waals surface area contributed by atoms with Gasteiger partial charge in [0.2, 0.25) is 0 Å². The monoisotopic (exact) mass is 375 g/mol. The van der Waals surface area contributed by atoms with E-state index < -0.39 is 0 Å². The van der Waals surface area contributed by atoms with Crippen molar-refractivity contribution < 1.29 is 4.79 Å². The summed E-state index contributed by atoms with van der Waals surface area (Å²) in [7, 11) is 0. The van der Waals surface area contributed by atoms with Gasteiger partial charge in [0, 0.05) is 54.3 Å². The molecule has 2 aliphatic heterocycles. The van der Waals surface area contributed by atoms with Crippen molar-refractivity contribution >= 4 is 45.9 Å². The molecule has 2 aliphatic rings. The number of piperidine rings is 1. The SMILES string of the molecule is O=C(c1cnc2ccc(Cl)cc2c1N1CCSCC1)N1CCCCC1. The Morgan fingerprint density at radius 1 is 1.08 bits per heavy atom. The fourth-order valence-electron chi connectivity index (χ4n) is 3.70. The minimum atomic E-state index is 0.113. The average molecular weight is 376 g/mol. The van der Waals surface area contributed by atoms with Gasteiger partial charge in [-0.2, -0.15) is 11.8 Å². The summed E-state index contributed by atoms with van der Waals surface area (Å²) in [4.78, 5) is 22.1. The Labute approximate surface area is 157 Å². The molecule has 2 saturated heterocycles. The lowest BCUT2D eigenvalue weighted by Crippen LogP contribution is -2.38. The second-order valence-electron chi connectivity index (χ2n) is 6.63. The Balaban J connectivity index is 1.82. The third-order valence-electron chi connectivity index (χ3n) is 5.00. The van der Waals surface area contributed by atoms with Crippen molar-refractivity contribution in [1.82, 2.24) is 9.88 Å². The molecule has 25 heavy (non-hydrogen) atoms. The second kappa shape index (κ2) is 7.42. The molecule has 2 fully saturated rings. The minimum absolute atomic E-state index is 0.113. The van der Waals surface area contributed by atoms with Crippen LogP contribution in [-0.4, -0.2) is 53.5 Å². The van der Waals surface area contributed by atoms with Gasteiger partial charge in [-0.05, 0) is 37.5 Å². The molecule has 4 nitrogen and oxygen atoms in total. The predicted octanol–water partition coefficient (Wildman–Crippen LogP) is 4.07. The van der Waals surface area contributed by atoms with Crippen LogP contribution >= 0.6 is 23.4 Å². The lowest BCUT2D eigenvalue weighted by molar-refractivity contribution is 0.0724. The highest BCUT2D eigenvalue weighted by molar-refractivity contribution is 7.99. The number of anilines is 1. The molecule has 0 bridgehead atoms. The zero-order valence-electron chi connectivity index (χ0n) is 14.2. The average Bonchev–Trinajstić information content (AvgIpc) is 2.68. The number of carbonyl (C=O) groups is 1. The van der Waals surface area contributed by atoms with Gasteiger partial charge < -0.3 is 9.80 Å². The van der Waals surface area contributed by atoms with Crippen molar-refractivity contribution in [2.24, 2.45) is 0 Å². The fraction of sp³-hybridized carbons (Fsp3) is 0.474. The molecular formula is C19H22ClN3OS. The van der Waals surface area contributed by atoms with Gasteiger partial charge in [-0.15, -0.1) is 0 Å². The summed E-state index contributed by atoms with van der Waals surface area (Å²) in [6.45, 7) is 3.61. The van der Waals surface area contributed by atoms with Gasteiger partial charge in [0.1, 0.15) is 0 Å². The van der Waals surface area contributed by atoms with E-state index in [0.717, 1.165) is 72.7 Å². The van der Waals surface area contributed by atoms with Crippen LogP contribution in [0.15, 0.2) is 24.4 Å². The lowest BCUT2D eigenvalue weighted by Gasteiger charge is -2.33. The standard InChI is InChI=1S/C19H22ClN3OS/c20-14-4-5-17-15(12-14)18(22-8-10-25-11-9-22)16(13-21-17)19(24)23-6-2-1-3-7-23/h4-5,12-13H,1-3,6-11H2. The maximum Gasteiger partial charge on any atom is 0.257 e. The van der Waals surface area contributed by atoms with E-state index in [1.54, 1.807) is 6.20 Å². The normalized spacial score (nSPS) is 18.6. The number of fused-ring (bicyclic) bond motifs is 1. The first kappa shape index (κ1) is 17.0. The van der Waals surface area contributed by atoms with E-state index in [0.29, 0.717) is 5.02 Å². The highest BCUT2D eigenvalue weighted by Crippen LogP contribution is 2.34. The van der Waals surface area contributed by atoms with Crippen molar-refractivity contribution in [1.29, 1.82) is 0 Å². The van der Waals surface area contributed by atoms with Crippen molar-refractivity contribution in [3.8, 4) is 0 Å². The number of thioether (sulfide) groups is 1. The number of rotatable bonds is 2. The number of hydrogen-bond acceptors (Lipinski definition) is 4. The molecule has 1 amide bonds. The van der Waals surface area contributed by atoms with Gasteiger partial charge in [-0.1, -0.05) is 11.6 Å². The third-order valence-corrected chi connectivity index (χ3v) is 6.18. The molecule has 1 aromatic heterocycles. The van der Waals surface area contributed by atoms with Crippen LogP contribution < -0.4 is 4.90 Å². The fourth-order valence-corrected chi connectivity index (χ4v) is 4.78. The van der Waals surface area contributed by atoms with Gasteiger partial charge in [-0.25, -0.2) is 0 Å². The van der Waals surface area contributed by atoms with Crippen LogP contribution in [0.3, 0.4) is 0 Å². The number of halogens is 1. The largest absolute Gasteiger partial charge is 0.369 e. The Morgan fingerprint density at radius 3 is 2.60 bits per heavy atom. The Kier molecular flexibility index (Phi) is 5.04. The number of benzene rings is 1. The van der Waals surface area contributed by atoms with E-state index in [9.17, 15) is 4.79 Å². The van der Waals surface area contributed by atoms with Crippen LogP contribution in [0.2, 0.25) is 5.02 Å². The summed E-state index contributed by atoms with van der Waals surface area (Å²) in [5.74, 6) is 2.28. The van der Waals surface area contributed by atoms with Gasteiger partial charge in [-0.3, -0.25) is 9.78 Å². The zero-order valence-corrected chi connectivity index (χ0v) is 15.8. The third kappa shape index (κ3) is 3.44. The Morgan fingerprint density at radius 2 is 1.84 bits per heavy atom. The number of aromatic nitrogens is 1. The number of pyridine rings is 1. The Hall–Kier alpha value is -1.46. The van der Waals surface area contributed by atoms with E-state index in [-0.39, 0.29) is 5.91 Å². The van der Waals surface area contributed by atoms with Crippen LogP contribution in [0.1, 0.15) is 29.6 Å². The molecule has 132 valence electrons. The number of hydrogen-bond donors (Lipinski definition) is 0. The maximum absolute atomic E-state index is 13.2. The van der Waals surface area contributed by atoms with E-state index in [1.165, 1.54) is 6.42 Å². The van der Waals surface area contributed by atoms with E-state index >= 15 is 0 Å². The topological polar surface area (TPSA) is 36.4 Å². The quantitative estimate of drug-likeness (QED) is 0.792. The first-order valence-corrected chi connectivity index (χ1v) is 10.5. The molecule has 3 heterocycles. The molecule has 0 aliphatic carbocycles. The summed E-state index contributed by atoms with van der Waals surface area (Å²) in [5.41, 5.74) is 2.64. The summed E-state index contributed by atoms with van der Waals surface area (Å²) in [5, 5.41) is 1.67. The van der Waals surface area contributed by atoms with Crippen LogP contribution in [0.4, 0.5) is 5.69 Å². The summed E-state index contributed by atoms with van der Waals surface area (Å²) in [6.07, 6.45) is 5.17. The van der Waals surface area contributed by atoms with Crippen molar-refractivity contribution in [2.75, 3.05) is 42.6 Å². The molecule has 4 rings (SSSR count). The number of nitrogens with zero attached hydrogens (tertiary/aromatic N) is 3. The van der Waals surface area contributed by atoms with Crippen LogP contribution in [0.5, 0.6) is 0 Å². The highest BCUT2D eigenvalue weighted by Gasteiger charge is 2.26. The van der Waals surface area contributed by atoms with Crippen molar-refractivity contribution in [3.63, 3.8) is 0 Å². The molecule has 6 heteroatoms. The summed E-state index contributed by atoms with van der Waals surface area (Å²) < 4.78 is 0. The number of amides is 1. The molecule has 0 saturated carbocycles. The number of carbonyl (C=O) groups excluding carboxylic acids is 1. The molecular weight excluding hydrogens is 354 g/mol. The number of likely N-dealkylation sites (tertiary alicyclic amines) is 1. The van der Waals surface area contributed by atoms with Crippen LogP contribution in [0, 0.1) is 0 Å². The highest BCUT2D eigenvalue weighted by atomic mass is 35.5. The first-order chi connectivity index (χ1) is 12.2. The second-order valence-corrected chi connectivity index (χ2v) is 8.30. The van der Waals surface area contributed by atoms with E-state index in [1.807, 2.05) is 34.9 Å². The van der Waals surface area contributed by atoms with Gasteiger partial charge >= 0.3 is 0 Å². The van der Waals surface area contributed by atoms with E-state index in [2.05, 4.69) is 9.88 Å². The lowest BCUT2D eigenvalue weighted by atomic mass is 10.0. The first-order valence-electron chi connectivity index (χ1n) is 8.94. The smallest absolute Gasteiger partial charge is 0.257 e. The van der Waals surface area contributed by atoms with Gasteiger partial charge in [0.05, 0.1) is 16.8 Å². The molecule has 0 radical (unpaired) electrons. The summed E-state index contributed by atoms with van der Waals surface area (Å²) >= 11 is 8.23. The molecule has 0 spiro atoms. The molecule has 0 N–H and O–H groups in total. The predicted molar refractivity (Wildman–Crippen MR) is 106 cm³/mol. The Bertz CT molecular complexity index is 786.